The molecular weight excluding hydrogens is 407 g/mol. The van der Waals surface area contributed by atoms with Gasteiger partial charge in [0.15, 0.2) is 11.7 Å². The molecule has 1 aromatic rings. The fourth-order valence-electron chi connectivity index (χ4n) is 2.79. The van der Waals surface area contributed by atoms with Gasteiger partial charge in [-0.2, -0.15) is 0 Å². The molecule has 0 unspecified atom stereocenters. The van der Waals surface area contributed by atoms with E-state index in [9.17, 15) is 0 Å². The minimum Gasteiger partial charge on any atom is -0.378 e. The van der Waals surface area contributed by atoms with E-state index in [1.165, 1.54) is 12.8 Å². The van der Waals surface area contributed by atoms with E-state index in [0.29, 0.717) is 12.6 Å². The van der Waals surface area contributed by atoms with Crippen LogP contribution in [0.4, 0.5) is 0 Å². The molecule has 1 N–H and O–H groups in total. The molecule has 1 saturated heterocycles. The van der Waals surface area contributed by atoms with E-state index in [-0.39, 0.29) is 24.0 Å². The maximum Gasteiger partial charge on any atom is 0.194 e. The summed E-state index contributed by atoms with van der Waals surface area (Å²) in [6, 6.07) is 1.94. The number of hydrogen-bond acceptors (Lipinski definition) is 4. The average Bonchev–Trinajstić information content (AvgIpc) is 3.28. The molecule has 1 saturated carbocycles. The van der Waals surface area contributed by atoms with Crippen LogP contribution in [0.1, 0.15) is 37.1 Å². The van der Waals surface area contributed by atoms with Crippen molar-refractivity contribution in [1.29, 1.82) is 0 Å². The Balaban J connectivity index is 0.00000192. The lowest BCUT2D eigenvalue weighted by Gasteiger charge is -2.34. The smallest absolute Gasteiger partial charge is 0.194 e. The van der Waals surface area contributed by atoms with Crippen molar-refractivity contribution in [2.24, 2.45) is 10.9 Å². The molecule has 2 aliphatic rings. The number of aliphatic imine (C=N–C) groups is 1. The lowest BCUT2D eigenvalue weighted by atomic mass is 10.1. The standard InChI is InChI=1S/C16H26N4O2.HI/c1-12-9-15(22-19-12)10-18-16(17-2)20-7-5-14(6-8-20)21-11-13-3-4-13;/h9,13-14H,3-8,10-11H2,1-2H3,(H,17,18);1H. The number of aromatic nitrogens is 1. The quantitative estimate of drug-likeness (QED) is 0.439. The summed E-state index contributed by atoms with van der Waals surface area (Å²) in [4.78, 5) is 6.66. The van der Waals surface area contributed by atoms with Crippen molar-refractivity contribution in [3.63, 3.8) is 0 Å². The Morgan fingerprint density at radius 3 is 2.70 bits per heavy atom. The summed E-state index contributed by atoms with van der Waals surface area (Å²) in [5.74, 6) is 2.61. The van der Waals surface area contributed by atoms with Crippen molar-refractivity contribution < 1.29 is 9.26 Å². The molecule has 0 spiro atoms. The van der Waals surface area contributed by atoms with Gasteiger partial charge in [0.1, 0.15) is 0 Å². The highest BCUT2D eigenvalue weighted by atomic mass is 127. The Kier molecular flexibility index (Phi) is 7.13. The third kappa shape index (κ3) is 5.63. The minimum absolute atomic E-state index is 0. The molecule has 130 valence electrons. The Morgan fingerprint density at radius 2 is 2.13 bits per heavy atom. The van der Waals surface area contributed by atoms with Gasteiger partial charge < -0.3 is 19.5 Å². The van der Waals surface area contributed by atoms with E-state index in [2.05, 4.69) is 20.4 Å². The molecule has 6 nitrogen and oxygen atoms in total. The maximum absolute atomic E-state index is 5.99. The predicted molar refractivity (Wildman–Crippen MR) is 100 cm³/mol. The molecule has 1 aromatic heterocycles. The number of ether oxygens (including phenoxy) is 1. The zero-order valence-corrected chi connectivity index (χ0v) is 16.3. The van der Waals surface area contributed by atoms with E-state index in [0.717, 1.165) is 55.9 Å². The number of aryl methyl sites for hydroxylation is 1. The Labute approximate surface area is 155 Å². The van der Waals surface area contributed by atoms with Crippen LogP contribution in [0.3, 0.4) is 0 Å². The van der Waals surface area contributed by atoms with Gasteiger partial charge in [-0.25, -0.2) is 0 Å². The third-order valence-electron chi connectivity index (χ3n) is 4.32. The largest absolute Gasteiger partial charge is 0.378 e. The Morgan fingerprint density at radius 1 is 1.39 bits per heavy atom. The first-order valence-electron chi connectivity index (χ1n) is 8.24. The van der Waals surface area contributed by atoms with E-state index in [4.69, 9.17) is 9.26 Å². The highest BCUT2D eigenvalue weighted by Crippen LogP contribution is 2.30. The van der Waals surface area contributed by atoms with E-state index >= 15 is 0 Å². The van der Waals surface area contributed by atoms with Crippen LogP contribution in [-0.2, 0) is 11.3 Å². The first kappa shape index (κ1) is 18.5. The van der Waals surface area contributed by atoms with Crippen LogP contribution in [-0.4, -0.2) is 48.9 Å². The van der Waals surface area contributed by atoms with E-state index < -0.39 is 0 Å². The highest BCUT2D eigenvalue weighted by Gasteiger charge is 2.26. The number of halogens is 1. The highest BCUT2D eigenvalue weighted by molar-refractivity contribution is 14.0. The monoisotopic (exact) mass is 434 g/mol. The summed E-state index contributed by atoms with van der Waals surface area (Å²) < 4.78 is 11.2. The lowest BCUT2D eigenvalue weighted by molar-refractivity contribution is 0.0131. The van der Waals surface area contributed by atoms with Crippen LogP contribution in [0.25, 0.3) is 0 Å². The van der Waals surface area contributed by atoms with Gasteiger partial charge in [-0.1, -0.05) is 5.16 Å². The molecule has 3 rings (SSSR count). The fraction of sp³-hybridized carbons (Fsp3) is 0.750. The van der Waals surface area contributed by atoms with Crippen molar-refractivity contribution >= 4 is 29.9 Å². The first-order valence-corrected chi connectivity index (χ1v) is 8.24. The lowest BCUT2D eigenvalue weighted by Crippen LogP contribution is -2.46. The summed E-state index contributed by atoms with van der Waals surface area (Å²) in [6.45, 7) is 5.48. The first-order chi connectivity index (χ1) is 10.7. The van der Waals surface area contributed by atoms with Gasteiger partial charge in [0.25, 0.3) is 0 Å². The van der Waals surface area contributed by atoms with Gasteiger partial charge in [0, 0.05) is 32.8 Å². The number of rotatable bonds is 5. The molecule has 1 aliphatic carbocycles. The summed E-state index contributed by atoms with van der Waals surface area (Å²) in [5.41, 5.74) is 0.903. The number of likely N-dealkylation sites (tertiary alicyclic amines) is 1. The molecule has 0 bridgehead atoms. The second kappa shape index (κ2) is 8.86. The van der Waals surface area contributed by atoms with Gasteiger partial charge >= 0.3 is 0 Å². The van der Waals surface area contributed by atoms with Crippen molar-refractivity contribution in [1.82, 2.24) is 15.4 Å². The molecule has 23 heavy (non-hydrogen) atoms. The molecule has 7 heteroatoms. The van der Waals surface area contributed by atoms with Crippen LogP contribution >= 0.6 is 24.0 Å². The normalized spacial score (nSPS) is 19.6. The topological polar surface area (TPSA) is 62.9 Å². The molecular formula is C16H27IN4O2. The molecule has 0 aromatic carbocycles. The van der Waals surface area contributed by atoms with E-state index in [1.807, 2.05) is 20.0 Å². The molecule has 0 amide bonds. The van der Waals surface area contributed by atoms with Gasteiger partial charge in [-0.15, -0.1) is 24.0 Å². The zero-order chi connectivity index (χ0) is 15.4. The SMILES string of the molecule is CN=C(NCc1cc(C)no1)N1CCC(OCC2CC2)CC1.I. The van der Waals surface area contributed by atoms with Crippen molar-refractivity contribution in [2.45, 2.75) is 45.3 Å². The molecule has 0 radical (unpaired) electrons. The van der Waals surface area contributed by atoms with Crippen molar-refractivity contribution in [3.8, 4) is 0 Å². The summed E-state index contributed by atoms with van der Waals surface area (Å²) in [5, 5.41) is 7.24. The van der Waals surface area contributed by atoms with Crippen molar-refractivity contribution in [3.05, 3.63) is 17.5 Å². The number of piperidine rings is 1. The van der Waals surface area contributed by atoms with Gasteiger partial charge in [-0.05, 0) is 38.5 Å². The number of hydrogen-bond donors (Lipinski definition) is 1. The summed E-state index contributed by atoms with van der Waals surface area (Å²) >= 11 is 0. The Hall–Kier alpha value is -0.830. The van der Waals surface area contributed by atoms with Crippen LogP contribution in [0.5, 0.6) is 0 Å². The molecule has 2 heterocycles. The zero-order valence-electron chi connectivity index (χ0n) is 14.0. The predicted octanol–water partition coefficient (Wildman–Crippen LogP) is 2.57. The second-order valence-corrected chi connectivity index (χ2v) is 6.30. The number of nitrogens with one attached hydrogen (secondary N) is 1. The summed E-state index contributed by atoms with van der Waals surface area (Å²) in [7, 11) is 1.82. The maximum atomic E-state index is 5.99. The van der Waals surface area contributed by atoms with Crippen LogP contribution in [0.15, 0.2) is 15.6 Å². The molecule has 2 fully saturated rings. The van der Waals surface area contributed by atoms with Gasteiger partial charge in [0.05, 0.1) is 18.3 Å². The van der Waals surface area contributed by atoms with Gasteiger partial charge in [-0.3, -0.25) is 4.99 Å². The number of guanidine groups is 1. The minimum atomic E-state index is 0. The van der Waals surface area contributed by atoms with E-state index in [1.54, 1.807) is 0 Å². The fourth-order valence-corrected chi connectivity index (χ4v) is 2.79. The van der Waals surface area contributed by atoms with Crippen molar-refractivity contribution in [2.75, 3.05) is 26.7 Å². The molecule has 0 atom stereocenters. The van der Waals surface area contributed by atoms with Crippen LogP contribution in [0, 0.1) is 12.8 Å². The number of nitrogens with zero attached hydrogens (tertiary/aromatic N) is 3. The van der Waals surface area contributed by atoms with Crippen LogP contribution < -0.4 is 5.32 Å². The third-order valence-corrected chi connectivity index (χ3v) is 4.32. The second-order valence-electron chi connectivity index (χ2n) is 6.30. The van der Waals surface area contributed by atoms with Gasteiger partial charge in [0.2, 0.25) is 0 Å². The summed E-state index contributed by atoms with van der Waals surface area (Å²) in [6.07, 6.45) is 5.29. The Bertz CT molecular complexity index is 508. The van der Waals surface area contributed by atoms with Crippen LogP contribution in [0.2, 0.25) is 0 Å². The molecule has 1 aliphatic heterocycles. The average molecular weight is 434 g/mol.